The van der Waals surface area contributed by atoms with E-state index in [4.69, 9.17) is 26.2 Å². The van der Waals surface area contributed by atoms with Crippen LogP contribution >= 0.6 is 11.6 Å². The Morgan fingerprint density at radius 2 is 1.86 bits per heavy atom. The van der Waals surface area contributed by atoms with Crippen molar-refractivity contribution in [2.75, 3.05) is 7.11 Å². The van der Waals surface area contributed by atoms with Crippen LogP contribution in [0, 0.1) is 0 Å². The average molecular weight is 396 g/mol. The molecule has 3 rings (SSSR count). The second-order valence-corrected chi connectivity index (χ2v) is 6.38. The molecular weight excluding hydrogens is 378 g/mol. The number of hydrogen-bond acceptors (Lipinski definition) is 4. The van der Waals surface area contributed by atoms with Crippen molar-refractivity contribution in [1.29, 1.82) is 0 Å². The number of benzene rings is 3. The Labute approximate surface area is 167 Å². The smallest absolute Gasteiger partial charge is 0.335 e. The molecule has 5 nitrogen and oxygen atoms in total. The average Bonchev–Trinajstić information content (AvgIpc) is 2.71. The molecule has 0 aliphatic rings. The number of aromatic carboxylic acids is 1. The first-order valence-electron chi connectivity index (χ1n) is 8.48. The van der Waals surface area contributed by atoms with Gasteiger partial charge in [-0.25, -0.2) is 4.79 Å². The molecule has 0 fully saturated rings. The number of halogens is 1. The first-order valence-corrected chi connectivity index (χ1v) is 8.85. The Morgan fingerprint density at radius 1 is 1.07 bits per heavy atom. The molecule has 0 saturated heterocycles. The molecule has 0 aliphatic heterocycles. The van der Waals surface area contributed by atoms with Crippen molar-refractivity contribution in [2.45, 2.75) is 6.61 Å². The summed E-state index contributed by atoms with van der Waals surface area (Å²) in [7, 11) is 1.57. The maximum atomic E-state index is 10.9. The molecule has 0 heterocycles. The molecular formula is C22H18ClNO4. The molecule has 0 atom stereocenters. The Morgan fingerprint density at radius 3 is 2.54 bits per heavy atom. The maximum absolute atomic E-state index is 10.9. The van der Waals surface area contributed by atoms with Gasteiger partial charge in [0.1, 0.15) is 6.61 Å². The number of aliphatic imine (C=N–C) groups is 1. The van der Waals surface area contributed by atoms with Gasteiger partial charge in [-0.05, 0) is 59.7 Å². The van der Waals surface area contributed by atoms with Gasteiger partial charge in [0.05, 0.1) is 18.4 Å². The molecule has 0 spiro atoms. The predicted octanol–water partition coefficient (Wildman–Crippen LogP) is 5.38. The lowest BCUT2D eigenvalue weighted by Crippen LogP contribution is -2.00. The fourth-order valence-corrected chi connectivity index (χ4v) is 2.68. The van der Waals surface area contributed by atoms with E-state index in [-0.39, 0.29) is 5.56 Å². The number of nitrogens with zero attached hydrogens (tertiary/aromatic N) is 1. The van der Waals surface area contributed by atoms with Gasteiger partial charge in [0.25, 0.3) is 0 Å². The minimum absolute atomic E-state index is 0.240. The number of rotatable bonds is 7. The zero-order valence-electron chi connectivity index (χ0n) is 15.1. The largest absolute Gasteiger partial charge is 0.493 e. The molecule has 0 amide bonds. The second-order valence-electron chi connectivity index (χ2n) is 5.94. The lowest BCUT2D eigenvalue weighted by molar-refractivity contribution is 0.0697. The van der Waals surface area contributed by atoms with E-state index in [0.29, 0.717) is 23.1 Å². The quantitative estimate of drug-likeness (QED) is 0.545. The van der Waals surface area contributed by atoms with E-state index < -0.39 is 5.97 Å². The fourth-order valence-electron chi connectivity index (χ4n) is 2.49. The van der Waals surface area contributed by atoms with Crippen molar-refractivity contribution in [2.24, 2.45) is 4.99 Å². The van der Waals surface area contributed by atoms with Crippen LogP contribution in [0.1, 0.15) is 21.5 Å². The van der Waals surface area contributed by atoms with E-state index >= 15 is 0 Å². The molecule has 3 aromatic carbocycles. The molecule has 0 bridgehead atoms. The highest BCUT2D eigenvalue weighted by Crippen LogP contribution is 2.29. The van der Waals surface area contributed by atoms with Crippen LogP contribution < -0.4 is 9.47 Å². The number of carboxylic acids is 1. The molecule has 0 radical (unpaired) electrons. The van der Waals surface area contributed by atoms with E-state index in [0.717, 1.165) is 16.8 Å². The van der Waals surface area contributed by atoms with Gasteiger partial charge >= 0.3 is 5.97 Å². The van der Waals surface area contributed by atoms with E-state index in [2.05, 4.69) is 4.99 Å². The second kappa shape index (κ2) is 9.06. The van der Waals surface area contributed by atoms with Gasteiger partial charge in [0.15, 0.2) is 11.5 Å². The highest BCUT2D eigenvalue weighted by atomic mass is 35.5. The number of carboxylic acid groups (broad SMARTS) is 1. The van der Waals surface area contributed by atoms with Gasteiger partial charge < -0.3 is 14.6 Å². The highest BCUT2D eigenvalue weighted by molar-refractivity contribution is 6.30. The van der Waals surface area contributed by atoms with Crippen LogP contribution in [0.25, 0.3) is 0 Å². The molecule has 0 aromatic heterocycles. The van der Waals surface area contributed by atoms with Gasteiger partial charge in [-0.3, -0.25) is 4.99 Å². The van der Waals surface area contributed by atoms with Crippen LogP contribution in [-0.4, -0.2) is 24.4 Å². The summed E-state index contributed by atoms with van der Waals surface area (Å²) in [5.74, 6) is 0.214. The number of carbonyl (C=O) groups is 1. The third-order valence-electron chi connectivity index (χ3n) is 3.95. The van der Waals surface area contributed by atoms with Crippen LogP contribution in [0.3, 0.4) is 0 Å². The van der Waals surface area contributed by atoms with Crippen LogP contribution in [-0.2, 0) is 6.61 Å². The molecule has 1 N–H and O–H groups in total. The van der Waals surface area contributed by atoms with E-state index in [1.807, 2.05) is 30.3 Å². The Hall–Kier alpha value is -3.31. The third kappa shape index (κ3) is 5.11. The first-order chi connectivity index (χ1) is 13.5. The normalized spacial score (nSPS) is 10.8. The SMILES string of the molecule is COc1cc(C=Nc2cccc(Cl)c2)ccc1OCc1ccc(C(=O)O)cc1. The van der Waals surface area contributed by atoms with Gasteiger partial charge in [-0.1, -0.05) is 29.8 Å². The van der Waals surface area contributed by atoms with Crippen molar-refractivity contribution in [3.8, 4) is 11.5 Å². The van der Waals surface area contributed by atoms with Crippen molar-refractivity contribution in [3.05, 3.63) is 88.4 Å². The Bertz CT molecular complexity index is 1000. The number of methoxy groups -OCH3 is 1. The summed E-state index contributed by atoms with van der Waals surface area (Å²) in [6.07, 6.45) is 1.72. The topological polar surface area (TPSA) is 68.1 Å². The van der Waals surface area contributed by atoms with Gasteiger partial charge in [0, 0.05) is 11.2 Å². The summed E-state index contributed by atoms with van der Waals surface area (Å²) in [5, 5.41) is 9.57. The van der Waals surface area contributed by atoms with Crippen molar-refractivity contribution < 1.29 is 19.4 Å². The maximum Gasteiger partial charge on any atom is 0.335 e. The van der Waals surface area contributed by atoms with Crippen LogP contribution in [0.4, 0.5) is 5.69 Å². The molecule has 0 unspecified atom stereocenters. The summed E-state index contributed by atoms with van der Waals surface area (Å²) in [6, 6.07) is 19.3. The number of hydrogen-bond donors (Lipinski definition) is 1. The van der Waals surface area contributed by atoms with E-state index in [1.165, 1.54) is 0 Å². The molecule has 0 aliphatic carbocycles. The fraction of sp³-hybridized carbons (Fsp3) is 0.0909. The Kier molecular flexibility index (Phi) is 6.29. The molecule has 3 aromatic rings. The van der Waals surface area contributed by atoms with Gasteiger partial charge in [-0.15, -0.1) is 0 Å². The first kappa shape index (κ1) is 19.5. The Balaban J connectivity index is 1.69. The van der Waals surface area contributed by atoms with Crippen molar-refractivity contribution >= 4 is 29.5 Å². The summed E-state index contributed by atoms with van der Waals surface area (Å²) in [6.45, 7) is 0.298. The lowest BCUT2D eigenvalue weighted by Gasteiger charge is -2.11. The highest BCUT2D eigenvalue weighted by Gasteiger charge is 2.07. The van der Waals surface area contributed by atoms with Crippen molar-refractivity contribution in [3.63, 3.8) is 0 Å². The number of ether oxygens (including phenoxy) is 2. The lowest BCUT2D eigenvalue weighted by atomic mass is 10.1. The van der Waals surface area contributed by atoms with Crippen LogP contribution in [0.5, 0.6) is 11.5 Å². The standard InChI is InChI=1S/C22H18ClNO4/c1-27-21-11-16(13-24-19-4-2-3-18(23)12-19)7-10-20(21)28-14-15-5-8-17(9-6-15)22(25)26/h2-13H,14H2,1H3,(H,25,26). The minimum Gasteiger partial charge on any atom is -0.493 e. The predicted molar refractivity (Wildman–Crippen MR) is 109 cm³/mol. The minimum atomic E-state index is -0.954. The molecule has 142 valence electrons. The monoisotopic (exact) mass is 395 g/mol. The summed E-state index contributed by atoms with van der Waals surface area (Å²) < 4.78 is 11.2. The van der Waals surface area contributed by atoms with E-state index in [9.17, 15) is 4.79 Å². The molecule has 28 heavy (non-hydrogen) atoms. The molecule has 0 saturated carbocycles. The van der Waals surface area contributed by atoms with Gasteiger partial charge in [-0.2, -0.15) is 0 Å². The molecule has 6 heteroatoms. The van der Waals surface area contributed by atoms with Gasteiger partial charge in [0.2, 0.25) is 0 Å². The zero-order valence-corrected chi connectivity index (χ0v) is 15.9. The van der Waals surface area contributed by atoms with Crippen molar-refractivity contribution in [1.82, 2.24) is 0 Å². The van der Waals surface area contributed by atoms with Crippen LogP contribution in [0.15, 0.2) is 71.7 Å². The summed E-state index contributed by atoms with van der Waals surface area (Å²) >= 11 is 5.96. The third-order valence-corrected chi connectivity index (χ3v) is 4.19. The van der Waals surface area contributed by atoms with E-state index in [1.54, 1.807) is 49.7 Å². The summed E-state index contributed by atoms with van der Waals surface area (Å²) in [4.78, 5) is 15.3. The zero-order chi connectivity index (χ0) is 19.9. The summed E-state index contributed by atoms with van der Waals surface area (Å²) in [5.41, 5.74) is 2.72. The van der Waals surface area contributed by atoms with Crippen LogP contribution in [0.2, 0.25) is 5.02 Å².